The average Bonchev–Trinajstić information content (AvgIpc) is 2.62. The van der Waals surface area contributed by atoms with Gasteiger partial charge >= 0.3 is 6.36 Å². The van der Waals surface area contributed by atoms with Crippen LogP contribution in [0.4, 0.5) is 30.4 Å². The summed E-state index contributed by atoms with van der Waals surface area (Å²) in [5, 5.41) is 2.92. The van der Waals surface area contributed by atoms with Crippen LogP contribution in [-0.4, -0.2) is 16.3 Å². The van der Waals surface area contributed by atoms with Crippen LogP contribution >= 0.6 is 0 Å². The molecule has 9 heteroatoms. The maximum absolute atomic E-state index is 12.2. The van der Waals surface area contributed by atoms with Crippen molar-refractivity contribution in [2.45, 2.75) is 20.2 Å². The van der Waals surface area contributed by atoms with E-state index in [9.17, 15) is 13.2 Å². The zero-order chi connectivity index (χ0) is 20.3. The summed E-state index contributed by atoms with van der Waals surface area (Å²) in [6.07, 6.45) is -3.47. The number of alkyl halides is 3. The van der Waals surface area contributed by atoms with Gasteiger partial charge in [0.1, 0.15) is 23.5 Å². The van der Waals surface area contributed by atoms with E-state index in [1.807, 2.05) is 26.0 Å². The number of nitrogens with zero attached hydrogens (tertiary/aromatic N) is 2. The van der Waals surface area contributed by atoms with E-state index in [1.165, 1.54) is 30.6 Å². The molecule has 0 radical (unpaired) electrons. The molecule has 146 valence electrons. The summed E-state index contributed by atoms with van der Waals surface area (Å²) in [4.78, 5) is 8.09. The molecule has 2 aromatic carbocycles. The summed E-state index contributed by atoms with van der Waals surface area (Å²) >= 11 is 0. The number of hydrogen-bond acceptors (Lipinski definition) is 6. The summed E-state index contributed by atoms with van der Waals surface area (Å²) in [5.74, 6) is 0.677. The minimum atomic E-state index is -4.74. The Hall–Kier alpha value is -3.49. The number of aryl methyl sites for hydroxylation is 2. The molecule has 0 fully saturated rings. The molecule has 0 spiro atoms. The van der Waals surface area contributed by atoms with Crippen LogP contribution in [0, 0.1) is 13.8 Å². The molecule has 0 saturated heterocycles. The van der Waals surface area contributed by atoms with Gasteiger partial charge in [0.2, 0.25) is 5.88 Å². The first-order chi connectivity index (χ1) is 13.2. The van der Waals surface area contributed by atoms with Crippen molar-refractivity contribution in [3.63, 3.8) is 0 Å². The van der Waals surface area contributed by atoms with Gasteiger partial charge in [-0.15, -0.1) is 13.2 Å². The second-order valence-electron chi connectivity index (χ2n) is 5.99. The molecule has 0 unspecified atom stereocenters. The Morgan fingerprint density at radius 2 is 1.61 bits per heavy atom. The minimum absolute atomic E-state index is 0.163. The van der Waals surface area contributed by atoms with Gasteiger partial charge in [0.25, 0.3) is 0 Å². The standard InChI is InChI=1S/C19H17F3N4O2/c1-11-3-6-15(9-12(11)2)27-18-16(23)17(24-10-25-18)26-13-4-7-14(8-5-13)28-19(20,21)22/h3-10H,23H2,1-2H3,(H,24,25,26). The SMILES string of the molecule is Cc1ccc(Oc2ncnc(Nc3ccc(OC(F)(F)F)cc3)c2N)cc1C. The molecule has 3 N–H and O–H groups in total. The van der Waals surface area contributed by atoms with E-state index < -0.39 is 6.36 Å². The predicted octanol–water partition coefficient (Wildman–Crippen LogP) is 5.11. The predicted molar refractivity (Wildman–Crippen MR) is 98.8 cm³/mol. The zero-order valence-electron chi connectivity index (χ0n) is 15.0. The number of nitrogen functional groups attached to an aromatic ring is 1. The molecule has 0 atom stereocenters. The van der Waals surface area contributed by atoms with Crippen molar-refractivity contribution in [3.8, 4) is 17.4 Å². The van der Waals surface area contributed by atoms with Gasteiger partial charge in [-0.25, -0.2) is 4.98 Å². The van der Waals surface area contributed by atoms with Crippen LogP contribution in [0.3, 0.4) is 0 Å². The maximum Gasteiger partial charge on any atom is 0.573 e. The van der Waals surface area contributed by atoms with Gasteiger partial charge in [-0.05, 0) is 61.4 Å². The molecule has 0 aliphatic rings. The van der Waals surface area contributed by atoms with Crippen LogP contribution in [0.5, 0.6) is 17.4 Å². The Morgan fingerprint density at radius 1 is 0.929 bits per heavy atom. The van der Waals surface area contributed by atoms with E-state index in [-0.39, 0.29) is 23.1 Å². The lowest BCUT2D eigenvalue weighted by atomic mass is 10.1. The Labute approximate surface area is 159 Å². The van der Waals surface area contributed by atoms with Crippen molar-refractivity contribution in [1.82, 2.24) is 9.97 Å². The number of aromatic nitrogens is 2. The van der Waals surface area contributed by atoms with E-state index in [4.69, 9.17) is 10.5 Å². The molecule has 0 aliphatic carbocycles. The maximum atomic E-state index is 12.2. The fourth-order valence-corrected chi connectivity index (χ4v) is 2.33. The Balaban J connectivity index is 1.76. The summed E-state index contributed by atoms with van der Waals surface area (Å²) in [6, 6.07) is 10.8. The molecule has 3 aromatic rings. The minimum Gasteiger partial charge on any atom is -0.437 e. The lowest BCUT2D eigenvalue weighted by Crippen LogP contribution is -2.17. The number of halogens is 3. The molecule has 0 aliphatic heterocycles. The van der Waals surface area contributed by atoms with Crippen LogP contribution in [0.1, 0.15) is 11.1 Å². The van der Waals surface area contributed by atoms with Crippen molar-refractivity contribution >= 4 is 17.2 Å². The lowest BCUT2D eigenvalue weighted by Gasteiger charge is -2.13. The van der Waals surface area contributed by atoms with E-state index in [0.717, 1.165) is 11.1 Å². The van der Waals surface area contributed by atoms with Gasteiger partial charge in [0.05, 0.1) is 0 Å². The number of hydrogen-bond donors (Lipinski definition) is 2. The second-order valence-corrected chi connectivity index (χ2v) is 5.99. The Morgan fingerprint density at radius 3 is 2.25 bits per heavy atom. The highest BCUT2D eigenvalue weighted by molar-refractivity contribution is 5.72. The third-order valence-electron chi connectivity index (χ3n) is 3.89. The highest BCUT2D eigenvalue weighted by Gasteiger charge is 2.30. The molecule has 0 bridgehead atoms. The first-order valence-corrected chi connectivity index (χ1v) is 8.20. The van der Waals surface area contributed by atoms with E-state index in [2.05, 4.69) is 20.0 Å². The van der Waals surface area contributed by atoms with Crippen LogP contribution in [0.2, 0.25) is 0 Å². The normalized spacial score (nSPS) is 11.2. The summed E-state index contributed by atoms with van der Waals surface area (Å²) < 4.78 is 46.3. The quantitative estimate of drug-likeness (QED) is 0.630. The average molecular weight is 390 g/mol. The third-order valence-corrected chi connectivity index (χ3v) is 3.89. The van der Waals surface area contributed by atoms with Crippen LogP contribution in [0.15, 0.2) is 48.8 Å². The van der Waals surface area contributed by atoms with Gasteiger partial charge in [-0.2, -0.15) is 4.98 Å². The first kappa shape index (κ1) is 19.3. The fraction of sp³-hybridized carbons (Fsp3) is 0.158. The Kier molecular flexibility index (Phi) is 5.25. The topological polar surface area (TPSA) is 82.3 Å². The highest BCUT2D eigenvalue weighted by Crippen LogP contribution is 2.32. The van der Waals surface area contributed by atoms with E-state index in [0.29, 0.717) is 11.4 Å². The number of nitrogens with two attached hydrogens (primary N) is 1. The lowest BCUT2D eigenvalue weighted by molar-refractivity contribution is -0.274. The van der Waals surface area contributed by atoms with Crippen LogP contribution in [0.25, 0.3) is 0 Å². The molecule has 28 heavy (non-hydrogen) atoms. The molecule has 1 heterocycles. The molecule has 0 saturated carbocycles. The summed E-state index contributed by atoms with van der Waals surface area (Å²) in [7, 11) is 0. The number of ether oxygens (including phenoxy) is 2. The van der Waals surface area contributed by atoms with Crippen LogP contribution < -0.4 is 20.5 Å². The van der Waals surface area contributed by atoms with Crippen molar-refractivity contribution in [1.29, 1.82) is 0 Å². The first-order valence-electron chi connectivity index (χ1n) is 8.20. The summed E-state index contributed by atoms with van der Waals surface area (Å²) in [6.45, 7) is 3.95. The van der Waals surface area contributed by atoms with Gasteiger partial charge in [-0.3, -0.25) is 0 Å². The summed E-state index contributed by atoms with van der Waals surface area (Å²) in [5.41, 5.74) is 8.89. The monoisotopic (exact) mass is 390 g/mol. The van der Waals surface area contributed by atoms with Gasteiger partial charge in [0.15, 0.2) is 5.82 Å². The molecular formula is C19H17F3N4O2. The van der Waals surface area contributed by atoms with Crippen molar-refractivity contribution < 1.29 is 22.6 Å². The molecule has 1 aromatic heterocycles. The van der Waals surface area contributed by atoms with Crippen molar-refractivity contribution in [2.75, 3.05) is 11.1 Å². The number of benzene rings is 2. The van der Waals surface area contributed by atoms with E-state index in [1.54, 1.807) is 6.07 Å². The molecule has 0 amide bonds. The van der Waals surface area contributed by atoms with Crippen LogP contribution in [-0.2, 0) is 0 Å². The fourth-order valence-electron chi connectivity index (χ4n) is 2.33. The van der Waals surface area contributed by atoms with E-state index >= 15 is 0 Å². The van der Waals surface area contributed by atoms with Crippen molar-refractivity contribution in [2.24, 2.45) is 0 Å². The highest BCUT2D eigenvalue weighted by atomic mass is 19.4. The van der Waals surface area contributed by atoms with Gasteiger partial charge in [-0.1, -0.05) is 6.07 Å². The smallest absolute Gasteiger partial charge is 0.437 e. The number of nitrogens with one attached hydrogen (secondary N) is 1. The zero-order valence-corrected chi connectivity index (χ0v) is 15.0. The number of rotatable bonds is 5. The molecule has 6 nitrogen and oxygen atoms in total. The molecule has 3 rings (SSSR count). The van der Waals surface area contributed by atoms with Gasteiger partial charge < -0.3 is 20.5 Å². The van der Waals surface area contributed by atoms with Gasteiger partial charge in [0, 0.05) is 5.69 Å². The largest absolute Gasteiger partial charge is 0.573 e. The van der Waals surface area contributed by atoms with Crippen molar-refractivity contribution in [3.05, 3.63) is 59.9 Å². The molecular weight excluding hydrogens is 373 g/mol. The Bertz CT molecular complexity index is 976. The third kappa shape index (κ3) is 4.81. The number of anilines is 3. The second kappa shape index (κ2) is 7.63.